The molecule has 0 bridgehead atoms. The minimum Gasteiger partial charge on any atom is -0.481 e. The number of thiophene rings is 1. The first kappa shape index (κ1) is 15.4. The number of carboxylic acids is 1. The number of carbonyl (C=O) groups is 1. The molecule has 0 spiro atoms. The van der Waals surface area contributed by atoms with Crippen LogP contribution < -0.4 is 5.69 Å². The van der Waals surface area contributed by atoms with Gasteiger partial charge in [-0.15, -0.1) is 0 Å². The Morgan fingerprint density at radius 1 is 1.48 bits per heavy atom. The Morgan fingerprint density at radius 3 is 2.76 bits per heavy atom. The van der Waals surface area contributed by atoms with E-state index in [2.05, 4.69) is 4.98 Å². The molecule has 2 heterocycles. The van der Waals surface area contributed by atoms with Gasteiger partial charge in [-0.25, -0.2) is 4.79 Å². The standard InChI is InChI=1S/C15H18N2O3S/c1-9(14(18)19)13-10(2)16-15(20)17(11(13)3)6-4-12-5-7-21-8-12/h5,7-9H,4,6H2,1-3H3,(H,18,19). The number of aryl methyl sites for hydroxylation is 2. The second-order valence-electron chi connectivity index (χ2n) is 5.07. The van der Waals surface area contributed by atoms with E-state index in [-0.39, 0.29) is 5.69 Å². The molecule has 2 aromatic rings. The summed E-state index contributed by atoms with van der Waals surface area (Å²) in [6, 6.07) is 2.02. The summed E-state index contributed by atoms with van der Waals surface area (Å²) in [5, 5.41) is 13.3. The number of rotatable bonds is 5. The zero-order chi connectivity index (χ0) is 15.6. The number of nitrogens with zero attached hydrogens (tertiary/aromatic N) is 2. The van der Waals surface area contributed by atoms with Crippen molar-refractivity contribution in [2.45, 2.75) is 39.7 Å². The molecule has 1 unspecified atom stereocenters. The molecule has 1 N–H and O–H groups in total. The van der Waals surface area contributed by atoms with Gasteiger partial charge in [-0.05, 0) is 49.6 Å². The summed E-state index contributed by atoms with van der Waals surface area (Å²) in [5.41, 5.74) is 2.67. The van der Waals surface area contributed by atoms with Crippen LogP contribution in [-0.4, -0.2) is 20.6 Å². The number of aromatic nitrogens is 2. The molecule has 5 nitrogen and oxygen atoms in total. The summed E-state index contributed by atoms with van der Waals surface area (Å²) in [6.45, 7) is 5.60. The molecule has 1 atom stereocenters. The normalized spacial score (nSPS) is 12.3. The highest BCUT2D eigenvalue weighted by Crippen LogP contribution is 2.21. The maximum absolute atomic E-state index is 12.1. The zero-order valence-electron chi connectivity index (χ0n) is 12.3. The van der Waals surface area contributed by atoms with Gasteiger partial charge in [0.25, 0.3) is 0 Å². The van der Waals surface area contributed by atoms with Crippen molar-refractivity contribution in [3.63, 3.8) is 0 Å². The Labute approximate surface area is 126 Å². The fourth-order valence-electron chi connectivity index (χ4n) is 2.50. The van der Waals surface area contributed by atoms with Gasteiger partial charge in [0.05, 0.1) is 5.92 Å². The van der Waals surface area contributed by atoms with Crippen LogP contribution in [0.4, 0.5) is 0 Å². The fourth-order valence-corrected chi connectivity index (χ4v) is 3.21. The van der Waals surface area contributed by atoms with E-state index >= 15 is 0 Å². The Kier molecular flexibility index (Phi) is 4.57. The van der Waals surface area contributed by atoms with E-state index in [0.29, 0.717) is 23.5 Å². The lowest BCUT2D eigenvalue weighted by molar-refractivity contribution is -0.138. The van der Waals surface area contributed by atoms with Gasteiger partial charge >= 0.3 is 11.7 Å². The monoisotopic (exact) mass is 306 g/mol. The molecule has 0 saturated carbocycles. The van der Waals surface area contributed by atoms with Gasteiger partial charge in [-0.2, -0.15) is 16.3 Å². The van der Waals surface area contributed by atoms with Crippen LogP contribution in [-0.2, 0) is 17.8 Å². The van der Waals surface area contributed by atoms with Crippen LogP contribution in [0.2, 0.25) is 0 Å². The van der Waals surface area contributed by atoms with E-state index in [9.17, 15) is 14.7 Å². The molecule has 0 radical (unpaired) electrons. The van der Waals surface area contributed by atoms with Crippen LogP contribution in [0.15, 0.2) is 21.6 Å². The summed E-state index contributed by atoms with van der Waals surface area (Å²) in [5.74, 6) is -1.59. The van der Waals surface area contributed by atoms with Gasteiger partial charge in [0, 0.05) is 23.5 Å². The lowest BCUT2D eigenvalue weighted by atomic mass is 9.98. The number of aliphatic carboxylic acids is 1. The third kappa shape index (κ3) is 3.21. The van der Waals surface area contributed by atoms with Crippen molar-refractivity contribution in [1.82, 2.24) is 9.55 Å². The van der Waals surface area contributed by atoms with E-state index in [1.54, 1.807) is 36.7 Å². The fraction of sp³-hybridized carbons (Fsp3) is 0.400. The van der Waals surface area contributed by atoms with Crippen molar-refractivity contribution in [2.75, 3.05) is 0 Å². The highest BCUT2D eigenvalue weighted by Gasteiger charge is 2.22. The summed E-state index contributed by atoms with van der Waals surface area (Å²) in [4.78, 5) is 27.3. The van der Waals surface area contributed by atoms with E-state index in [1.165, 1.54) is 5.56 Å². The molecule has 0 fully saturated rings. The van der Waals surface area contributed by atoms with Crippen molar-refractivity contribution in [2.24, 2.45) is 0 Å². The summed E-state index contributed by atoms with van der Waals surface area (Å²) >= 11 is 1.62. The van der Waals surface area contributed by atoms with Crippen molar-refractivity contribution >= 4 is 17.3 Å². The topological polar surface area (TPSA) is 72.2 Å². The first-order chi connectivity index (χ1) is 9.91. The van der Waals surface area contributed by atoms with Gasteiger partial charge in [0.15, 0.2) is 0 Å². The largest absolute Gasteiger partial charge is 0.481 e. The van der Waals surface area contributed by atoms with E-state index in [1.807, 2.05) is 16.8 Å². The smallest absolute Gasteiger partial charge is 0.347 e. The van der Waals surface area contributed by atoms with Gasteiger partial charge in [-0.1, -0.05) is 0 Å². The summed E-state index contributed by atoms with van der Waals surface area (Å²) in [7, 11) is 0. The van der Waals surface area contributed by atoms with Crippen LogP contribution in [0.3, 0.4) is 0 Å². The lowest BCUT2D eigenvalue weighted by Crippen LogP contribution is -2.30. The third-order valence-electron chi connectivity index (χ3n) is 3.69. The zero-order valence-corrected chi connectivity index (χ0v) is 13.1. The maximum atomic E-state index is 12.1. The van der Waals surface area contributed by atoms with Gasteiger partial charge < -0.3 is 5.11 Å². The number of hydrogen-bond acceptors (Lipinski definition) is 4. The number of hydrogen-bond donors (Lipinski definition) is 1. The number of carboxylic acid groups (broad SMARTS) is 1. The van der Waals surface area contributed by atoms with Crippen molar-refractivity contribution < 1.29 is 9.90 Å². The van der Waals surface area contributed by atoms with Crippen molar-refractivity contribution in [3.05, 3.63) is 49.8 Å². The Morgan fingerprint density at radius 2 is 2.19 bits per heavy atom. The molecule has 21 heavy (non-hydrogen) atoms. The molecule has 0 aliphatic heterocycles. The average Bonchev–Trinajstić information content (AvgIpc) is 2.90. The SMILES string of the molecule is Cc1nc(=O)n(CCc2ccsc2)c(C)c1C(C)C(=O)O. The van der Waals surface area contributed by atoms with Crippen molar-refractivity contribution in [1.29, 1.82) is 0 Å². The van der Waals surface area contributed by atoms with Crippen molar-refractivity contribution in [3.8, 4) is 0 Å². The van der Waals surface area contributed by atoms with Gasteiger partial charge in [-0.3, -0.25) is 9.36 Å². The van der Waals surface area contributed by atoms with E-state index in [4.69, 9.17) is 0 Å². The predicted molar refractivity (Wildman–Crippen MR) is 82.0 cm³/mol. The van der Waals surface area contributed by atoms with Crippen LogP contribution in [0, 0.1) is 13.8 Å². The second-order valence-corrected chi connectivity index (χ2v) is 5.85. The van der Waals surface area contributed by atoms with Crippen LogP contribution in [0.25, 0.3) is 0 Å². The minimum atomic E-state index is -0.911. The maximum Gasteiger partial charge on any atom is 0.347 e. The third-order valence-corrected chi connectivity index (χ3v) is 4.42. The van der Waals surface area contributed by atoms with Crippen LogP contribution in [0.5, 0.6) is 0 Å². The Balaban J connectivity index is 2.39. The van der Waals surface area contributed by atoms with Gasteiger partial charge in [0.1, 0.15) is 0 Å². The molecule has 6 heteroatoms. The molecule has 2 rings (SSSR count). The molecule has 0 aliphatic rings. The molecular formula is C15H18N2O3S. The summed E-state index contributed by atoms with van der Waals surface area (Å²) in [6.07, 6.45) is 0.732. The summed E-state index contributed by atoms with van der Waals surface area (Å²) < 4.78 is 1.57. The highest BCUT2D eigenvalue weighted by molar-refractivity contribution is 7.07. The molecule has 0 saturated heterocycles. The van der Waals surface area contributed by atoms with Crippen LogP contribution in [0.1, 0.15) is 35.4 Å². The first-order valence-electron chi connectivity index (χ1n) is 6.73. The molecule has 0 aliphatic carbocycles. The van der Waals surface area contributed by atoms with E-state index < -0.39 is 11.9 Å². The minimum absolute atomic E-state index is 0.318. The molecule has 2 aromatic heterocycles. The molecule has 0 aromatic carbocycles. The molecule has 0 amide bonds. The Bertz CT molecular complexity index is 704. The quantitative estimate of drug-likeness (QED) is 0.920. The second kappa shape index (κ2) is 6.22. The highest BCUT2D eigenvalue weighted by atomic mass is 32.1. The average molecular weight is 306 g/mol. The van der Waals surface area contributed by atoms with E-state index in [0.717, 1.165) is 6.42 Å². The lowest BCUT2D eigenvalue weighted by Gasteiger charge is -2.17. The molecular weight excluding hydrogens is 288 g/mol. The Hall–Kier alpha value is -1.95. The van der Waals surface area contributed by atoms with Crippen LogP contribution >= 0.6 is 11.3 Å². The first-order valence-corrected chi connectivity index (χ1v) is 7.68. The molecule has 112 valence electrons. The van der Waals surface area contributed by atoms with Gasteiger partial charge in [0.2, 0.25) is 0 Å². The predicted octanol–water partition coefficient (Wildman–Crippen LogP) is 2.35.